The molecule has 1 aliphatic rings. The Labute approximate surface area is 118 Å². The zero-order valence-corrected chi connectivity index (χ0v) is 12.1. The number of carboxylic acids is 1. The summed E-state index contributed by atoms with van der Waals surface area (Å²) in [4.78, 5) is 11.0. The van der Waals surface area contributed by atoms with E-state index in [2.05, 4.69) is 0 Å². The molecule has 1 heterocycles. The van der Waals surface area contributed by atoms with Crippen LogP contribution in [-0.2, 0) is 10.0 Å². The molecule has 110 valence electrons. The highest BCUT2D eigenvalue weighted by Crippen LogP contribution is 2.28. The van der Waals surface area contributed by atoms with E-state index in [1.54, 1.807) is 0 Å². The van der Waals surface area contributed by atoms with E-state index in [9.17, 15) is 13.2 Å². The summed E-state index contributed by atoms with van der Waals surface area (Å²) in [6.07, 6.45) is 1.72. The fraction of sp³-hybridized carbons (Fsp3) is 0.462. The van der Waals surface area contributed by atoms with Crippen molar-refractivity contribution in [3.05, 3.63) is 23.8 Å². The second-order valence-corrected chi connectivity index (χ2v) is 6.89. The van der Waals surface area contributed by atoms with Gasteiger partial charge in [-0.2, -0.15) is 4.31 Å². The summed E-state index contributed by atoms with van der Waals surface area (Å²) in [6.45, 7) is 2.88. The van der Waals surface area contributed by atoms with Crippen molar-refractivity contribution < 1.29 is 18.3 Å². The zero-order valence-electron chi connectivity index (χ0n) is 11.2. The Morgan fingerprint density at radius 3 is 2.75 bits per heavy atom. The third kappa shape index (κ3) is 2.64. The molecule has 6 nitrogen and oxygen atoms in total. The number of nitrogens with zero attached hydrogens (tertiary/aromatic N) is 1. The normalized spacial score (nSPS) is 20.1. The van der Waals surface area contributed by atoms with E-state index in [0.29, 0.717) is 19.0 Å². The van der Waals surface area contributed by atoms with Crippen molar-refractivity contribution >= 4 is 21.7 Å². The van der Waals surface area contributed by atoms with E-state index >= 15 is 0 Å². The van der Waals surface area contributed by atoms with Crippen LogP contribution in [0.2, 0.25) is 0 Å². The maximum atomic E-state index is 12.6. The van der Waals surface area contributed by atoms with Crippen molar-refractivity contribution in [2.75, 3.05) is 18.8 Å². The van der Waals surface area contributed by atoms with Crippen molar-refractivity contribution in [1.82, 2.24) is 4.31 Å². The van der Waals surface area contributed by atoms with Crippen molar-refractivity contribution in [3.63, 3.8) is 0 Å². The first-order chi connectivity index (χ1) is 9.36. The number of anilines is 1. The molecule has 0 aliphatic carbocycles. The van der Waals surface area contributed by atoms with E-state index < -0.39 is 16.0 Å². The number of sulfonamides is 1. The van der Waals surface area contributed by atoms with Gasteiger partial charge in [-0.1, -0.05) is 13.3 Å². The van der Waals surface area contributed by atoms with Gasteiger partial charge in [0, 0.05) is 18.8 Å². The van der Waals surface area contributed by atoms with Gasteiger partial charge < -0.3 is 10.8 Å². The minimum atomic E-state index is -3.81. The highest BCUT2D eigenvalue weighted by molar-refractivity contribution is 7.89. The Morgan fingerprint density at radius 2 is 2.20 bits per heavy atom. The van der Waals surface area contributed by atoms with Crippen LogP contribution < -0.4 is 5.73 Å². The molecule has 0 spiro atoms. The number of carbonyl (C=O) groups is 1. The summed E-state index contributed by atoms with van der Waals surface area (Å²) in [5.41, 5.74) is 5.60. The first-order valence-corrected chi connectivity index (χ1v) is 7.93. The van der Waals surface area contributed by atoms with Crippen LogP contribution in [0.15, 0.2) is 23.1 Å². The van der Waals surface area contributed by atoms with Gasteiger partial charge in [0.05, 0.1) is 10.5 Å². The van der Waals surface area contributed by atoms with Crippen LogP contribution in [0.25, 0.3) is 0 Å². The number of rotatable bonds is 4. The van der Waals surface area contributed by atoms with Crippen molar-refractivity contribution in [1.29, 1.82) is 0 Å². The quantitative estimate of drug-likeness (QED) is 0.818. The summed E-state index contributed by atoms with van der Waals surface area (Å²) in [6, 6.07) is 3.84. The maximum Gasteiger partial charge on any atom is 0.337 e. The predicted molar refractivity (Wildman–Crippen MR) is 75.0 cm³/mol. The number of nitrogen functional groups attached to an aromatic ring is 1. The molecule has 1 aliphatic heterocycles. The standard InChI is InChI=1S/C13H18N2O4S/c1-2-9-5-6-15(8-9)20(18,19)12-7-10(14)3-4-11(12)13(16)17/h3-4,7,9H,2,5-6,8,14H2,1H3,(H,16,17). The predicted octanol–water partition coefficient (Wildman–Crippen LogP) is 1.39. The molecule has 20 heavy (non-hydrogen) atoms. The van der Waals surface area contributed by atoms with Crippen LogP contribution in [0, 0.1) is 5.92 Å². The highest BCUT2D eigenvalue weighted by atomic mass is 32.2. The van der Waals surface area contributed by atoms with E-state index in [4.69, 9.17) is 10.8 Å². The molecule has 1 atom stereocenters. The maximum absolute atomic E-state index is 12.6. The van der Waals surface area contributed by atoms with Crippen LogP contribution in [0.1, 0.15) is 30.1 Å². The minimum Gasteiger partial charge on any atom is -0.478 e. The minimum absolute atomic E-state index is 0.221. The van der Waals surface area contributed by atoms with Gasteiger partial charge in [0.2, 0.25) is 10.0 Å². The number of hydrogen-bond donors (Lipinski definition) is 2. The molecule has 1 unspecified atom stereocenters. The lowest BCUT2D eigenvalue weighted by Gasteiger charge is -2.18. The molecule has 3 N–H and O–H groups in total. The summed E-state index contributed by atoms with van der Waals surface area (Å²) in [5, 5.41) is 9.14. The van der Waals surface area contributed by atoms with Gasteiger partial charge >= 0.3 is 5.97 Å². The molecular formula is C13H18N2O4S. The number of nitrogens with two attached hydrogens (primary N) is 1. The molecular weight excluding hydrogens is 280 g/mol. The Hall–Kier alpha value is -1.60. The third-order valence-electron chi connectivity index (χ3n) is 3.68. The number of hydrogen-bond acceptors (Lipinski definition) is 4. The molecule has 1 saturated heterocycles. The summed E-state index contributed by atoms with van der Waals surface area (Å²) >= 11 is 0. The van der Waals surface area contributed by atoms with Crippen LogP contribution in [0.5, 0.6) is 0 Å². The van der Waals surface area contributed by atoms with Crippen LogP contribution in [0.3, 0.4) is 0 Å². The van der Waals surface area contributed by atoms with Crippen molar-refractivity contribution in [2.45, 2.75) is 24.7 Å². The molecule has 1 aromatic carbocycles. The molecule has 2 rings (SSSR count). The number of benzene rings is 1. The molecule has 1 fully saturated rings. The third-order valence-corrected chi connectivity index (χ3v) is 5.58. The van der Waals surface area contributed by atoms with Crippen LogP contribution in [0.4, 0.5) is 5.69 Å². The first kappa shape index (κ1) is 14.8. The van der Waals surface area contributed by atoms with E-state index in [1.165, 1.54) is 22.5 Å². The largest absolute Gasteiger partial charge is 0.478 e. The lowest BCUT2D eigenvalue weighted by atomic mass is 10.1. The fourth-order valence-corrected chi connectivity index (χ4v) is 4.17. The second-order valence-electron chi connectivity index (χ2n) is 4.99. The summed E-state index contributed by atoms with van der Waals surface area (Å²) in [7, 11) is -3.81. The molecule has 0 aromatic heterocycles. The molecule has 7 heteroatoms. The molecule has 0 amide bonds. The van der Waals surface area contributed by atoms with Gasteiger partial charge in [-0.15, -0.1) is 0 Å². The van der Waals surface area contributed by atoms with Gasteiger partial charge in [-0.25, -0.2) is 13.2 Å². The molecule has 0 bridgehead atoms. The SMILES string of the molecule is CCC1CCN(S(=O)(=O)c2cc(N)ccc2C(=O)O)C1. The average Bonchev–Trinajstić information content (AvgIpc) is 2.87. The smallest absolute Gasteiger partial charge is 0.337 e. The lowest BCUT2D eigenvalue weighted by molar-refractivity contribution is 0.0692. The second kappa shape index (κ2) is 5.41. The van der Waals surface area contributed by atoms with Crippen LogP contribution >= 0.6 is 0 Å². The van der Waals surface area contributed by atoms with E-state index in [0.717, 1.165) is 12.8 Å². The molecule has 0 radical (unpaired) electrons. The lowest BCUT2D eigenvalue weighted by Crippen LogP contribution is -2.30. The average molecular weight is 298 g/mol. The molecule has 0 saturated carbocycles. The van der Waals surface area contributed by atoms with Crippen LogP contribution in [-0.4, -0.2) is 36.9 Å². The van der Waals surface area contributed by atoms with Gasteiger partial charge in [-0.05, 0) is 30.5 Å². The summed E-state index contributed by atoms with van der Waals surface area (Å²) < 4.78 is 26.5. The van der Waals surface area contributed by atoms with Gasteiger partial charge in [-0.3, -0.25) is 0 Å². The van der Waals surface area contributed by atoms with E-state index in [1.807, 2.05) is 6.92 Å². The Bertz CT molecular complexity index is 627. The topological polar surface area (TPSA) is 101 Å². The van der Waals surface area contributed by atoms with Gasteiger partial charge in [0.15, 0.2) is 0 Å². The van der Waals surface area contributed by atoms with Crippen molar-refractivity contribution in [2.24, 2.45) is 5.92 Å². The van der Waals surface area contributed by atoms with Crippen molar-refractivity contribution in [3.8, 4) is 0 Å². The number of carboxylic acid groups (broad SMARTS) is 1. The molecule has 1 aromatic rings. The van der Waals surface area contributed by atoms with Gasteiger partial charge in [0.25, 0.3) is 0 Å². The zero-order chi connectivity index (χ0) is 14.9. The Kier molecular flexibility index (Phi) is 4.01. The highest BCUT2D eigenvalue weighted by Gasteiger charge is 2.34. The number of aromatic carboxylic acids is 1. The Balaban J connectivity index is 2.44. The van der Waals surface area contributed by atoms with Gasteiger partial charge in [0.1, 0.15) is 0 Å². The fourth-order valence-electron chi connectivity index (χ4n) is 2.42. The monoisotopic (exact) mass is 298 g/mol. The van der Waals surface area contributed by atoms with E-state index in [-0.39, 0.29) is 16.1 Å². The summed E-state index contributed by atoms with van der Waals surface area (Å²) in [5.74, 6) is -0.936. The Morgan fingerprint density at radius 1 is 1.50 bits per heavy atom. The first-order valence-electron chi connectivity index (χ1n) is 6.49.